The number of hydrogen-bond acceptors (Lipinski definition) is 2. The molecule has 2 atom stereocenters. The molecule has 1 heterocycles. The van der Waals surface area contributed by atoms with E-state index in [1.807, 2.05) is 19.1 Å². The van der Waals surface area contributed by atoms with Gasteiger partial charge in [-0.25, -0.2) is 0 Å². The molecule has 18 heavy (non-hydrogen) atoms. The summed E-state index contributed by atoms with van der Waals surface area (Å²) < 4.78 is 39.0. The van der Waals surface area contributed by atoms with Crippen molar-refractivity contribution in [2.45, 2.75) is 25.6 Å². The molecule has 0 saturated carbocycles. The van der Waals surface area contributed by atoms with E-state index >= 15 is 0 Å². The van der Waals surface area contributed by atoms with Crippen molar-refractivity contribution >= 4 is 5.69 Å². The first-order chi connectivity index (χ1) is 8.43. The molecule has 2 N–H and O–H groups in total. The van der Waals surface area contributed by atoms with Gasteiger partial charge in [-0.15, -0.1) is 0 Å². The fourth-order valence-electron chi connectivity index (χ4n) is 2.57. The van der Waals surface area contributed by atoms with Crippen LogP contribution >= 0.6 is 0 Å². The third-order valence-corrected chi connectivity index (χ3v) is 3.36. The maximum absolute atomic E-state index is 13.0. The van der Waals surface area contributed by atoms with Crippen molar-refractivity contribution < 1.29 is 13.2 Å². The maximum atomic E-state index is 13.0. The Bertz CT molecular complexity index is 417. The lowest BCUT2D eigenvalue weighted by Crippen LogP contribution is -2.53. The molecule has 0 bridgehead atoms. The van der Waals surface area contributed by atoms with Crippen molar-refractivity contribution in [1.82, 2.24) is 0 Å². The molecule has 0 aliphatic carbocycles. The lowest BCUT2D eigenvalue weighted by Gasteiger charge is -2.40. The van der Waals surface area contributed by atoms with Crippen LogP contribution in [-0.2, 0) is 6.42 Å². The molecule has 0 amide bonds. The van der Waals surface area contributed by atoms with E-state index < -0.39 is 18.8 Å². The van der Waals surface area contributed by atoms with Gasteiger partial charge in [-0.2, -0.15) is 13.2 Å². The largest absolute Gasteiger partial charge is 0.409 e. The van der Waals surface area contributed by atoms with Gasteiger partial charge in [0.05, 0.1) is 0 Å². The van der Waals surface area contributed by atoms with Crippen LogP contribution in [0.3, 0.4) is 0 Å². The van der Waals surface area contributed by atoms with Crippen molar-refractivity contribution in [2.24, 2.45) is 11.7 Å². The Hall–Kier alpha value is -1.23. The molecular weight excluding hydrogens is 241 g/mol. The van der Waals surface area contributed by atoms with Crippen LogP contribution in [0.25, 0.3) is 0 Å². The first kappa shape index (κ1) is 13.2. The lowest BCUT2D eigenvalue weighted by atomic mass is 9.92. The predicted octanol–water partition coefficient (Wildman–Crippen LogP) is 2.57. The fraction of sp³-hybridized carbons (Fsp3) is 0.538. The van der Waals surface area contributed by atoms with Crippen LogP contribution in [0.1, 0.15) is 12.5 Å². The van der Waals surface area contributed by atoms with E-state index in [2.05, 4.69) is 0 Å². The summed E-state index contributed by atoms with van der Waals surface area (Å²) in [5.74, 6) is 0.205. The van der Waals surface area contributed by atoms with E-state index in [4.69, 9.17) is 5.73 Å². The van der Waals surface area contributed by atoms with Crippen LogP contribution in [0.15, 0.2) is 24.3 Å². The topological polar surface area (TPSA) is 29.3 Å². The Labute approximate surface area is 105 Å². The second-order valence-electron chi connectivity index (χ2n) is 4.88. The van der Waals surface area contributed by atoms with Crippen LogP contribution in [0.5, 0.6) is 0 Å². The number of nitrogens with two attached hydrogens (primary N) is 1. The minimum absolute atomic E-state index is 0.205. The zero-order valence-corrected chi connectivity index (χ0v) is 10.2. The highest BCUT2D eigenvalue weighted by molar-refractivity contribution is 5.56. The van der Waals surface area contributed by atoms with Crippen molar-refractivity contribution in [1.29, 1.82) is 0 Å². The minimum Gasteiger partial charge on any atom is -0.358 e. The number of rotatable bonds is 2. The van der Waals surface area contributed by atoms with Crippen molar-refractivity contribution in [3.63, 3.8) is 0 Å². The molecule has 1 aromatic rings. The van der Waals surface area contributed by atoms with Gasteiger partial charge in [-0.05, 0) is 24.0 Å². The summed E-state index contributed by atoms with van der Waals surface area (Å²) in [6, 6.07) is 5.67. The first-order valence-corrected chi connectivity index (χ1v) is 6.04. The summed E-state index contributed by atoms with van der Waals surface area (Å²) in [5, 5.41) is 0. The average Bonchev–Trinajstić information content (AvgIpc) is 2.27. The van der Waals surface area contributed by atoms with Crippen molar-refractivity contribution in [3.8, 4) is 0 Å². The van der Waals surface area contributed by atoms with Gasteiger partial charge in [0.2, 0.25) is 0 Å². The van der Waals surface area contributed by atoms with E-state index in [-0.39, 0.29) is 5.92 Å². The zero-order valence-electron chi connectivity index (χ0n) is 10.2. The fourth-order valence-corrected chi connectivity index (χ4v) is 2.57. The Morgan fingerprint density at radius 2 is 2.06 bits per heavy atom. The molecule has 2 nitrogen and oxygen atoms in total. The number of hydrogen-bond donors (Lipinski definition) is 1. The maximum Gasteiger partial charge on any atom is 0.409 e. The second kappa shape index (κ2) is 4.80. The van der Waals surface area contributed by atoms with Gasteiger partial charge >= 0.3 is 6.18 Å². The zero-order chi connectivity index (χ0) is 13.3. The quantitative estimate of drug-likeness (QED) is 0.883. The molecule has 5 heteroatoms. The second-order valence-corrected chi connectivity index (χ2v) is 4.88. The first-order valence-electron chi connectivity index (χ1n) is 6.04. The summed E-state index contributed by atoms with van der Waals surface area (Å²) in [6.45, 7) is 1.95. The number of fused-ring (bicyclic) bond motifs is 1. The van der Waals surface area contributed by atoms with Crippen LogP contribution in [0.2, 0.25) is 0 Å². The number of anilines is 1. The van der Waals surface area contributed by atoms with Gasteiger partial charge in [0, 0.05) is 18.8 Å². The number of para-hydroxylation sites is 1. The normalized spacial score (nSPS) is 21.6. The van der Waals surface area contributed by atoms with Crippen LogP contribution < -0.4 is 10.6 Å². The van der Waals surface area contributed by atoms with E-state index in [1.54, 1.807) is 12.1 Å². The molecule has 1 aromatic carbocycles. The number of nitrogens with zero attached hydrogens (tertiary/aromatic N) is 1. The lowest BCUT2D eigenvalue weighted by molar-refractivity contribution is -0.147. The molecule has 1 aliphatic heterocycles. The summed E-state index contributed by atoms with van der Waals surface area (Å²) in [6.07, 6.45) is -3.47. The number of benzene rings is 1. The monoisotopic (exact) mass is 258 g/mol. The van der Waals surface area contributed by atoms with Gasteiger partial charge in [0.25, 0.3) is 0 Å². The van der Waals surface area contributed by atoms with Gasteiger partial charge in [0.15, 0.2) is 0 Å². The average molecular weight is 258 g/mol. The molecule has 2 unspecified atom stereocenters. The van der Waals surface area contributed by atoms with Crippen LogP contribution in [0.4, 0.5) is 18.9 Å². The van der Waals surface area contributed by atoms with Gasteiger partial charge < -0.3 is 10.6 Å². The van der Waals surface area contributed by atoms with Crippen LogP contribution in [0, 0.1) is 5.92 Å². The SMILES string of the molecule is CC1Cc2ccccc2N(C(CN)C(F)(F)F)C1. The Morgan fingerprint density at radius 1 is 1.39 bits per heavy atom. The summed E-state index contributed by atoms with van der Waals surface area (Å²) >= 11 is 0. The molecule has 0 fully saturated rings. The molecular formula is C13H17F3N2. The molecule has 0 spiro atoms. The minimum atomic E-state index is -4.29. The molecule has 2 rings (SSSR count). The summed E-state index contributed by atoms with van der Waals surface area (Å²) in [4.78, 5) is 1.41. The molecule has 0 saturated heterocycles. The smallest absolute Gasteiger partial charge is 0.358 e. The van der Waals surface area contributed by atoms with Crippen molar-refractivity contribution in [2.75, 3.05) is 18.0 Å². The van der Waals surface area contributed by atoms with E-state index in [1.165, 1.54) is 4.90 Å². The van der Waals surface area contributed by atoms with E-state index in [0.29, 0.717) is 12.2 Å². The highest BCUT2D eigenvalue weighted by atomic mass is 19.4. The molecule has 1 aliphatic rings. The van der Waals surface area contributed by atoms with Gasteiger partial charge in [-0.3, -0.25) is 0 Å². The number of alkyl halides is 3. The standard InChI is InChI=1S/C13H17F3N2/c1-9-6-10-4-2-3-5-11(10)18(8-9)12(7-17)13(14,15)16/h2-5,9,12H,6-8,17H2,1H3. The van der Waals surface area contributed by atoms with Crippen molar-refractivity contribution in [3.05, 3.63) is 29.8 Å². The summed E-state index contributed by atoms with van der Waals surface area (Å²) in [5.41, 5.74) is 6.97. The van der Waals surface area contributed by atoms with Crippen LogP contribution in [-0.4, -0.2) is 25.3 Å². The number of halogens is 3. The highest BCUT2D eigenvalue weighted by Crippen LogP contribution is 2.35. The summed E-state index contributed by atoms with van der Waals surface area (Å²) in [7, 11) is 0. The van der Waals surface area contributed by atoms with Gasteiger partial charge in [-0.1, -0.05) is 25.1 Å². The Morgan fingerprint density at radius 3 is 2.67 bits per heavy atom. The van der Waals surface area contributed by atoms with E-state index in [0.717, 1.165) is 12.0 Å². The molecule has 0 radical (unpaired) electrons. The third-order valence-electron chi connectivity index (χ3n) is 3.36. The van der Waals surface area contributed by atoms with E-state index in [9.17, 15) is 13.2 Å². The third kappa shape index (κ3) is 2.46. The molecule has 100 valence electrons. The van der Waals surface area contributed by atoms with Gasteiger partial charge in [0.1, 0.15) is 6.04 Å². The highest BCUT2D eigenvalue weighted by Gasteiger charge is 2.44. The molecule has 0 aromatic heterocycles. The Kier molecular flexibility index (Phi) is 3.52. The predicted molar refractivity (Wildman–Crippen MR) is 65.6 cm³/mol. The Balaban J connectivity index is 2.39.